The number of hydrogen-bond donors (Lipinski definition) is 2. The van der Waals surface area contributed by atoms with Crippen LogP contribution in [0.1, 0.15) is 49.0 Å². The molecule has 3 aliphatic rings. The van der Waals surface area contributed by atoms with E-state index in [0.717, 1.165) is 26.0 Å². The van der Waals surface area contributed by atoms with Crippen molar-refractivity contribution in [3.63, 3.8) is 0 Å². The van der Waals surface area contributed by atoms with Crippen molar-refractivity contribution in [3.05, 3.63) is 47.0 Å². The number of pyridine rings is 3. The van der Waals surface area contributed by atoms with Gasteiger partial charge in [-0.05, 0) is 45.4 Å². The second kappa shape index (κ2) is 11.3. The zero-order valence-electron chi connectivity index (χ0n) is 25.6. The molecule has 0 radical (unpaired) electrons. The molecule has 248 valence electrons. The van der Waals surface area contributed by atoms with Crippen molar-refractivity contribution in [3.8, 4) is 23.1 Å². The molecule has 1 unspecified atom stereocenters. The van der Waals surface area contributed by atoms with Crippen LogP contribution in [-0.4, -0.2) is 74.4 Å². The molecule has 7 heterocycles. The molecule has 0 aromatic carbocycles. The highest BCUT2D eigenvalue weighted by Gasteiger charge is 2.49. The summed E-state index contributed by atoms with van der Waals surface area (Å²) in [5.41, 5.74) is 8.88. The Labute approximate surface area is 266 Å². The Morgan fingerprint density at radius 1 is 1.17 bits per heavy atom. The van der Waals surface area contributed by atoms with Gasteiger partial charge in [0.25, 0.3) is 0 Å². The van der Waals surface area contributed by atoms with Gasteiger partial charge in [-0.2, -0.15) is 23.1 Å². The zero-order chi connectivity index (χ0) is 33.2. The van der Waals surface area contributed by atoms with E-state index in [1.807, 2.05) is 11.8 Å². The Kier molecular flexibility index (Phi) is 7.44. The molecule has 16 heteroatoms. The molecule has 0 amide bonds. The van der Waals surface area contributed by atoms with E-state index in [4.69, 9.17) is 25.9 Å². The second-order valence-electron chi connectivity index (χ2n) is 12.2. The van der Waals surface area contributed by atoms with E-state index in [-0.39, 0.29) is 66.4 Å². The molecule has 2 saturated heterocycles. The SMILES string of the molecule is Cc1nc(N)cc(-c2nc3c4c(nc(OC[C@@]56CCCN5C[C@H](F)C6)nc4c2F)N(C(C)c2cccnc2N)CCO3)c1C(F)(F)F. The fourth-order valence-corrected chi connectivity index (χ4v) is 7.22. The summed E-state index contributed by atoms with van der Waals surface area (Å²) < 4.78 is 86.3. The number of aromatic nitrogens is 5. The van der Waals surface area contributed by atoms with Crippen molar-refractivity contribution in [2.75, 3.05) is 49.2 Å². The van der Waals surface area contributed by atoms with Gasteiger partial charge in [-0.3, -0.25) is 4.90 Å². The number of nitrogens with two attached hydrogens (primary N) is 2. The number of halogens is 5. The van der Waals surface area contributed by atoms with Crippen LogP contribution in [0.15, 0.2) is 24.4 Å². The van der Waals surface area contributed by atoms with Crippen LogP contribution in [0.5, 0.6) is 11.9 Å². The third-order valence-corrected chi connectivity index (χ3v) is 9.33. The summed E-state index contributed by atoms with van der Waals surface area (Å²) in [6, 6.07) is 3.77. The Hall–Kier alpha value is -4.60. The first kappa shape index (κ1) is 31.0. The third-order valence-electron chi connectivity index (χ3n) is 9.33. The average molecular weight is 658 g/mol. The molecule has 0 aliphatic carbocycles. The summed E-state index contributed by atoms with van der Waals surface area (Å²) in [5.74, 6) is -1.10. The van der Waals surface area contributed by atoms with Crippen molar-refractivity contribution in [1.82, 2.24) is 29.8 Å². The third kappa shape index (κ3) is 5.27. The van der Waals surface area contributed by atoms with Gasteiger partial charge in [0.2, 0.25) is 5.88 Å². The molecule has 4 aromatic heterocycles. The average Bonchev–Trinajstić information content (AvgIpc) is 3.46. The Morgan fingerprint density at radius 2 is 1.98 bits per heavy atom. The number of ether oxygens (including phenoxy) is 2. The number of rotatable bonds is 6. The quantitative estimate of drug-likeness (QED) is 0.270. The van der Waals surface area contributed by atoms with Gasteiger partial charge in [0.1, 0.15) is 53.4 Å². The van der Waals surface area contributed by atoms with Crippen molar-refractivity contribution in [1.29, 1.82) is 0 Å². The van der Waals surface area contributed by atoms with E-state index in [0.29, 0.717) is 18.5 Å². The molecular weight excluding hydrogens is 625 g/mol. The number of nitrogens with zero attached hydrogens (tertiary/aromatic N) is 7. The zero-order valence-corrected chi connectivity index (χ0v) is 25.6. The molecule has 47 heavy (non-hydrogen) atoms. The fraction of sp³-hybridized carbons (Fsp3) is 0.452. The summed E-state index contributed by atoms with van der Waals surface area (Å²) in [5, 5.41) is 0.0445. The molecule has 3 aliphatic heterocycles. The van der Waals surface area contributed by atoms with Crippen molar-refractivity contribution in [2.45, 2.75) is 57.0 Å². The summed E-state index contributed by atoms with van der Waals surface area (Å²) in [7, 11) is 0. The Bertz CT molecular complexity index is 1880. The number of nitrogen functional groups attached to an aromatic ring is 2. The molecule has 0 spiro atoms. The van der Waals surface area contributed by atoms with Crippen LogP contribution in [0.4, 0.5) is 39.4 Å². The number of anilines is 3. The molecular formula is C31H32F5N9O2. The lowest BCUT2D eigenvalue weighted by molar-refractivity contribution is -0.137. The molecule has 2 fully saturated rings. The van der Waals surface area contributed by atoms with Crippen LogP contribution >= 0.6 is 0 Å². The minimum atomic E-state index is -4.90. The molecule has 11 nitrogen and oxygen atoms in total. The molecule has 4 aromatic rings. The second-order valence-corrected chi connectivity index (χ2v) is 12.2. The normalized spacial score (nSPS) is 21.9. The molecule has 0 saturated carbocycles. The lowest BCUT2D eigenvalue weighted by atomic mass is 9.95. The smallest absolute Gasteiger partial charge is 0.418 e. The van der Waals surface area contributed by atoms with E-state index in [2.05, 4.69) is 24.8 Å². The van der Waals surface area contributed by atoms with Crippen molar-refractivity contribution in [2.24, 2.45) is 0 Å². The fourth-order valence-electron chi connectivity index (χ4n) is 7.22. The van der Waals surface area contributed by atoms with Crippen LogP contribution in [0.25, 0.3) is 22.2 Å². The van der Waals surface area contributed by atoms with Crippen molar-refractivity contribution < 1.29 is 31.4 Å². The first-order chi connectivity index (χ1) is 22.4. The lowest BCUT2D eigenvalue weighted by Crippen LogP contribution is -2.43. The monoisotopic (exact) mass is 657 g/mol. The van der Waals surface area contributed by atoms with Gasteiger partial charge < -0.3 is 25.8 Å². The Morgan fingerprint density at radius 3 is 2.74 bits per heavy atom. The van der Waals surface area contributed by atoms with Gasteiger partial charge in [0.05, 0.1) is 29.4 Å². The number of fused-ring (bicyclic) bond motifs is 1. The summed E-state index contributed by atoms with van der Waals surface area (Å²) in [6.45, 7) is 4.30. The van der Waals surface area contributed by atoms with Gasteiger partial charge in [0.15, 0.2) is 5.82 Å². The van der Waals surface area contributed by atoms with Crippen LogP contribution in [0.3, 0.4) is 0 Å². The Balaban J connectivity index is 1.43. The molecule has 4 N–H and O–H groups in total. The first-order valence-electron chi connectivity index (χ1n) is 15.2. The van der Waals surface area contributed by atoms with Gasteiger partial charge >= 0.3 is 12.2 Å². The number of alkyl halides is 4. The van der Waals surface area contributed by atoms with E-state index in [1.165, 1.54) is 0 Å². The maximum atomic E-state index is 16.7. The van der Waals surface area contributed by atoms with Gasteiger partial charge in [0, 0.05) is 30.3 Å². The maximum absolute atomic E-state index is 16.7. The predicted octanol–water partition coefficient (Wildman–Crippen LogP) is 5.03. The van der Waals surface area contributed by atoms with Crippen molar-refractivity contribution >= 4 is 28.4 Å². The summed E-state index contributed by atoms with van der Waals surface area (Å²) in [6.07, 6.45) is -2.49. The highest BCUT2D eigenvalue weighted by atomic mass is 19.4. The topological polar surface area (TPSA) is 141 Å². The maximum Gasteiger partial charge on any atom is 0.418 e. The standard InChI is InChI=1S/C31H32F5N9O2/c1-15-22(31(34,35)36)19(11-20(37)40-15)24-23(33)25-21-27(43-29(42-25)47-14-30-6-4-8-44(30)13-17(32)12-30)45(9-10-46-28(21)41-24)16(2)18-5-3-7-39-26(18)38/h3,5,7,11,16-17H,4,6,8-10,12-14H2,1-2H3,(H2,37,40)(H2,38,39)/t16?,17-,30+/m1/s1. The highest BCUT2D eigenvalue weighted by Crippen LogP contribution is 2.46. The van der Waals surface area contributed by atoms with E-state index in [1.54, 1.807) is 18.3 Å². The largest absolute Gasteiger partial charge is 0.475 e. The highest BCUT2D eigenvalue weighted by molar-refractivity contribution is 5.97. The number of aryl methyl sites for hydroxylation is 1. The van der Waals surface area contributed by atoms with Crippen LogP contribution in [-0.2, 0) is 6.18 Å². The van der Waals surface area contributed by atoms with Gasteiger partial charge in [-0.25, -0.2) is 23.7 Å². The van der Waals surface area contributed by atoms with Crippen LogP contribution < -0.4 is 25.8 Å². The molecule has 0 bridgehead atoms. The number of hydrogen-bond acceptors (Lipinski definition) is 11. The minimum Gasteiger partial charge on any atom is -0.475 e. The van der Waals surface area contributed by atoms with E-state index < -0.39 is 52.3 Å². The molecule has 7 rings (SSSR count). The van der Waals surface area contributed by atoms with Gasteiger partial charge in [-0.15, -0.1) is 0 Å². The summed E-state index contributed by atoms with van der Waals surface area (Å²) in [4.78, 5) is 25.2. The summed E-state index contributed by atoms with van der Waals surface area (Å²) >= 11 is 0. The first-order valence-corrected chi connectivity index (χ1v) is 15.2. The van der Waals surface area contributed by atoms with Gasteiger partial charge in [-0.1, -0.05) is 6.07 Å². The van der Waals surface area contributed by atoms with E-state index >= 15 is 4.39 Å². The van der Waals surface area contributed by atoms with Crippen LogP contribution in [0.2, 0.25) is 0 Å². The minimum absolute atomic E-state index is 0.0177. The lowest BCUT2D eigenvalue weighted by Gasteiger charge is -2.32. The van der Waals surface area contributed by atoms with E-state index in [9.17, 15) is 17.6 Å². The molecule has 3 atom stereocenters. The predicted molar refractivity (Wildman–Crippen MR) is 163 cm³/mol. The van der Waals surface area contributed by atoms with Crippen LogP contribution in [0, 0.1) is 12.7 Å².